The Bertz CT molecular complexity index is 862. The van der Waals surface area contributed by atoms with E-state index < -0.39 is 0 Å². The van der Waals surface area contributed by atoms with Crippen LogP contribution in [0.15, 0.2) is 54.6 Å². The fraction of sp³-hybridized carbons (Fsp3) is 0.391. The molecule has 2 fully saturated rings. The molecule has 1 unspecified atom stereocenters. The van der Waals surface area contributed by atoms with Gasteiger partial charge in [-0.2, -0.15) is 0 Å². The van der Waals surface area contributed by atoms with Crippen LogP contribution in [0.1, 0.15) is 17.5 Å². The largest absolute Gasteiger partial charge is 0.368 e. The maximum atomic E-state index is 12.7. The molecule has 0 saturated carbocycles. The second kappa shape index (κ2) is 8.55. The van der Waals surface area contributed by atoms with Gasteiger partial charge in [-0.25, -0.2) is 4.79 Å². The van der Waals surface area contributed by atoms with Crippen molar-refractivity contribution in [2.24, 2.45) is 0 Å². The molecule has 0 radical (unpaired) electrons. The summed E-state index contributed by atoms with van der Waals surface area (Å²) in [5.74, 6) is 0.100. The first kappa shape index (κ1) is 19.3. The lowest BCUT2D eigenvalue weighted by Crippen LogP contribution is -2.53. The number of nitrogens with one attached hydrogen (secondary N) is 1. The highest BCUT2D eigenvalue weighted by Gasteiger charge is 2.32. The molecule has 29 heavy (non-hydrogen) atoms. The topological polar surface area (TPSA) is 55.9 Å². The van der Waals surface area contributed by atoms with E-state index in [1.165, 1.54) is 11.3 Å². The van der Waals surface area contributed by atoms with Gasteiger partial charge in [-0.3, -0.25) is 4.79 Å². The van der Waals surface area contributed by atoms with E-state index >= 15 is 0 Å². The summed E-state index contributed by atoms with van der Waals surface area (Å²) >= 11 is 0. The number of nitrogens with zero attached hydrogens (tertiary/aromatic N) is 3. The molecule has 4 rings (SSSR count). The van der Waals surface area contributed by atoms with Crippen molar-refractivity contribution >= 4 is 17.6 Å². The Balaban J connectivity index is 1.26. The predicted octanol–water partition coefficient (Wildman–Crippen LogP) is 2.63. The van der Waals surface area contributed by atoms with Gasteiger partial charge < -0.3 is 20.0 Å². The zero-order valence-corrected chi connectivity index (χ0v) is 16.9. The first-order valence-electron chi connectivity index (χ1n) is 10.3. The minimum atomic E-state index is -0.117. The number of carbonyl (C=O) groups is 2. The zero-order valence-electron chi connectivity index (χ0n) is 16.9. The summed E-state index contributed by atoms with van der Waals surface area (Å²) in [6.07, 6.45) is 0.377. The third-order valence-corrected chi connectivity index (χ3v) is 5.69. The molecule has 2 saturated heterocycles. The van der Waals surface area contributed by atoms with Gasteiger partial charge in [-0.05, 0) is 30.2 Å². The van der Waals surface area contributed by atoms with Gasteiger partial charge in [0.05, 0.1) is 6.04 Å². The number of hydrogen-bond acceptors (Lipinski definition) is 3. The average molecular weight is 393 g/mol. The molecule has 6 heteroatoms. The molecule has 2 aliphatic heterocycles. The lowest BCUT2D eigenvalue weighted by molar-refractivity contribution is -0.128. The molecule has 2 heterocycles. The van der Waals surface area contributed by atoms with Crippen LogP contribution in [0, 0.1) is 6.92 Å². The van der Waals surface area contributed by atoms with E-state index in [4.69, 9.17) is 0 Å². The van der Waals surface area contributed by atoms with Crippen LogP contribution in [0.2, 0.25) is 0 Å². The lowest BCUT2D eigenvalue weighted by atomic mass is 10.2. The van der Waals surface area contributed by atoms with Gasteiger partial charge in [0.15, 0.2) is 0 Å². The highest BCUT2D eigenvalue weighted by molar-refractivity contribution is 5.81. The second-order valence-electron chi connectivity index (χ2n) is 7.92. The summed E-state index contributed by atoms with van der Waals surface area (Å²) in [6, 6.07) is 18.3. The van der Waals surface area contributed by atoms with E-state index in [0.29, 0.717) is 32.6 Å². The van der Waals surface area contributed by atoms with Crippen molar-refractivity contribution in [1.82, 2.24) is 15.1 Å². The molecule has 0 aromatic heterocycles. The third-order valence-electron chi connectivity index (χ3n) is 5.69. The van der Waals surface area contributed by atoms with Crippen LogP contribution in [0.25, 0.3) is 0 Å². The molecule has 152 valence electrons. The summed E-state index contributed by atoms with van der Waals surface area (Å²) in [5, 5.41) is 3.06. The van der Waals surface area contributed by atoms with Gasteiger partial charge in [-0.1, -0.05) is 42.5 Å². The Kier molecular flexibility index (Phi) is 5.69. The van der Waals surface area contributed by atoms with Crippen molar-refractivity contribution < 1.29 is 9.59 Å². The van der Waals surface area contributed by atoms with Crippen LogP contribution in [0.5, 0.6) is 0 Å². The number of amides is 3. The lowest BCUT2D eigenvalue weighted by Gasteiger charge is -2.36. The molecule has 1 atom stereocenters. The highest BCUT2D eigenvalue weighted by Crippen LogP contribution is 2.19. The Labute approximate surface area is 172 Å². The third kappa shape index (κ3) is 4.70. The van der Waals surface area contributed by atoms with E-state index in [-0.39, 0.29) is 18.0 Å². The molecule has 1 N–H and O–H groups in total. The van der Waals surface area contributed by atoms with Crippen LogP contribution in [-0.2, 0) is 11.3 Å². The Morgan fingerprint density at radius 2 is 1.79 bits per heavy atom. The molecule has 0 spiro atoms. The Hall–Kier alpha value is -3.02. The summed E-state index contributed by atoms with van der Waals surface area (Å²) < 4.78 is 0. The molecule has 3 amide bonds. The predicted molar refractivity (Wildman–Crippen MR) is 114 cm³/mol. The summed E-state index contributed by atoms with van der Waals surface area (Å²) in [7, 11) is 0. The molecule has 6 nitrogen and oxygen atoms in total. The fourth-order valence-corrected chi connectivity index (χ4v) is 4.08. The van der Waals surface area contributed by atoms with Gasteiger partial charge in [0.1, 0.15) is 0 Å². The van der Waals surface area contributed by atoms with E-state index in [2.05, 4.69) is 41.4 Å². The maximum absolute atomic E-state index is 12.7. The fourth-order valence-electron chi connectivity index (χ4n) is 4.08. The number of piperazine rings is 1. The van der Waals surface area contributed by atoms with Gasteiger partial charge in [0.2, 0.25) is 5.91 Å². The minimum Gasteiger partial charge on any atom is -0.368 e. The Morgan fingerprint density at radius 1 is 1.03 bits per heavy atom. The minimum absolute atomic E-state index is 0.0618. The highest BCUT2D eigenvalue weighted by atomic mass is 16.2. The van der Waals surface area contributed by atoms with E-state index in [1.54, 1.807) is 0 Å². The van der Waals surface area contributed by atoms with Gasteiger partial charge in [0.25, 0.3) is 0 Å². The van der Waals surface area contributed by atoms with Crippen LogP contribution in [0.4, 0.5) is 10.5 Å². The normalized spacial score (nSPS) is 19.6. The van der Waals surface area contributed by atoms with Crippen molar-refractivity contribution in [3.63, 3.8) is 0 Å². The molecular weight excluding hydrogens is 364 g/mol. The Morgan fingerprint density at radius 3 is 2.52 bits per heavy atom. The van der Waals surface area contributed by atoms with Crippen molar-refractivity contribution in [2.75, 3.05) is 37.6 Å². The van der Waals surface area contributed by atoms with Gasteiger partial charge in [-0.15, -0.1) is 0 Å². The van der Waals surface area contributed by atoms with Crippen molar-refractivity contribution in [1.29, 1.82) is 0 Å². The second-order valence-corrected chi connectivity index (χ2v) is 7.92. The molecular formula is C23H28N4O2. The first-order valence-corrected chi connectivity index (χ1v) is 10.3. The first-order chi connectivity index (χ1) is 14.1. The molecule has 0 bridgehead atoms. The van der Waals surface area contributed by atoms with Crippen LogP contribution in [-0.4, -0.2) is 60.5 Å². The molecule has 2 aliphatic rings. The molecule has 0 aliphatic carbocycles. The SMILES string of the molecule is Cc1cccc(N2CCN(C(=O)NC3CC(=O)N(Cc4ccccc4)C3)CC2)c1. The van der Waals surface area contributed by atoms with E-state index in [1.807, 2.05) is 40.1 Å². The number of likely N-dealkylation sites (tertiary alicyclic amines) is 1. The molecule has 2 aromatic carbocycles. The standard InChI is InChI=1S/C23H28N4O2/c1-18-6-5-9-21(14-18)25-10-12-26(13-11-25)23(29)24-20-15-22(28)27(17-20)16-19-7-3-2-4-8-19/h2-9,14,20H,10-13,15-17H2,1H3,(H,24,29). The van der Waals surface area contributed by atoms with Crippen molar-refractivity contribution in [2.45, 2.75) is 25.9 Å². The van der Waals surface area contributed by atoms with Gasteiger partial charge in [0, 0.05) is 51.4 Å². The van der Waals surface area contributed by atoms with Crippen molar-refractivity contribution in [3.8, 4) is 0 Å². The monoisotopic (exact) mass is 392 g/mol. The smallest absolute Gasteiger partial charge is 0.317 e. The summed E-state index contributed by atoms with van der Waals surface area (Å²) in [5.41, 5.74) is 3.57. The van der Waals surface area contributed by atoms with Crippen LogP contribution in [0.3, 0.4) is 0 Å². The van der Waals surface area contributed by atoms with E-state index in [0.717, 1.165) is 18.7 Å². The number of rotatable bonds is 4. The van der Waals surface area contributed by atoms with Crippen molar-refractivity contribution in [3.05, 3.63) is 65.7 Å². The number of hydrogen-bond donors (Lipinski definition) is 1. The summed E-state index contributed by atoms with van der Waals surface area (Å²) in [6.45, 7) is 6.28. The molecule has 2 aromatic rings. The van der Waals surface area contributed by atoms with Crippen LogP contribution < -0.4 is 10.2 Å². The van der Waals surface area contributed by atoms with E-state index in [9.17, 15) is 9.59 Å². The maximum Gasteiger partial charge on any atom is 0.317 e. The van der Waals surface area contributed by atoms with Gasteiger partial charge >= 0.3 is 6.03 Å². The van der Waals surface area contributed by atoms with Crippen LogP contribution >= 0.6 is 0 Å². The number of urea groups is 1. The summed E-state index contributed by atoms with van der Waals surface area (Å²) in [4.78, 5) is 31.0. The average Bonchev–Trinajstić information content (AvgIpc) is 3.07. The number of carbonyl (C=O) groups excluding carboxylic acids is 2. The number of anilines is 1. The quantitative estimate of drug-likeness (QED) is 0.870. The zero-order chi connectivity index (χ0) is 20.2. The number of benzene rings is 2. The number of aryl methyl sites for hydroxylation is 1.